The minimum Gasteiger partial charge on any atom is -0.292 e. The van der Waals surface area contributed by atoms with Crippen LogP contribution < -0.4 is 5.43 Å². The number of Topliss-reactive ketones (excluding diaryl/α,β-unsaturated/α-hetero) is 1. The molecule has 0 saturated carbocycles. The Morgan fingerprint density at radius 2 is 1.65 bits per heavy atom. The lowest BCUT2D eigenvalue weighted by molar-refractivity contribution is -0.110. The summed E-state index contributed by atoms with van der Waals surface area (Å²) in [7, 11) is 0. The van der Waals surface area contributed by atoms with E-state index in [0.29, 0.717) is 16.0 Å². The van der Waals surface area contributed by atoms with Crippen LogP contribution >= 0.6 is 11.8 Å². The van der Waals surface area contributed by atoms with Gasteiger partial charge < -0.3 is 0 Å². The van der Waals surface area contributed by atoms with Crippen LogP contribution in [0.25, 0.3) is 17.1 Å². The fourth-order valence-electron chi connectivity index (χ4n) is 3.01. The Morgan fingerprint density at radius 3 is 2.32 bits per heavy atom. The summed E-state index contributed by atoms with van der Waals surface area (Å²) >= 11 is 1.18. The highest BCUT2D eigenvalue weighted by molar-refractivity contribution is 8.15. The van der Waals surface area contributed by atoms with E-state index in [1.54, 1.807) is 0 Å². The lowest BCUT2D eigenvalue weighted by atomic mass is 10.2. The quantitative estimate of drug-likeness (QED) is 0.194. The van der Waals surface area contributed by atoms with E-state index in [0.717, 1.165) is 22.5 Å². The maximum absolute atomic E-state index is 12.3. The number of carbonyl (C=O) groups excluding carboxylic acids is 1. The largest absolute Gasteiger partial charge is 0.292 e. The number of hydrogen-bond donors (Lipinski definition) is 1. The number of ketones is 1. The zero-order chi connectivity index (χ0) is 21.6. The van der Waals surface area contributed by atoms with Gasteiger partial charge >= 0.3 is 0 Å². The Kier molecular flexibility index (Phi) is 6.24. The van der Waals surface area contributed by atoms with E-state index in [1.165, 1.54) is 18.7 Å². The second kappa shape index (κ2) is 9.40. The number of carbonyl (C=O) groups is 1. The number of para-hydroxylation sites is 1. The summed E-state index contributed by atoms with van der Waals surface area (Å²) in [6.07, 6.45) is 0. The number of anilines is 1. The van der Waals surface area contributed by atoms with Crippen LogP contribution in [0.3, 0.4) is 0 Å². The lowest BCUT2D eigenvalue weighted by Crippen LogP contribution is -2.10. The second-order valence-electron chi connectivity index (χ2n) is 6.90. The standard InChI is InChI=1S/C24H21N5OS/c1-17-10-9-13-20(16-17)25-27-23(18(2)30)31-24-28-26-22(19-11-5-3-6-12-19)29(24)21-14-7-4-8-15-21/h3-16,25H,1-2H3/b27-23-. The summed E-state index contributed by atoms with van der Waals surface area (Å²) < 4.78 is 1.94. The maximum atomic E-state index is 12.3. The molecule has 0 saturated heterocycles. The van der Waals surface area contributed by atoms with E-state index in [2.05, 4.69) is 20.7 Å². The fourth-order valence-corrected chi connectivity index (χ4v) is 3.78. The fraction of sp³-hybridized carbons (Fsp3) is 0.0833. The number of hydrazone groups is 1. The van der Waals surface area contributed by atoms with Crippen molar-refractivity contribution >= 4 is 28.3 Å². The minimum atomic E-state index is -0.158. The van der Waals surface area contributed by atoms with Crippen LogP contribution in [-0.4, -0.2) is 25.6 Å². The third kappa shape index (κ3) is 4.90. The third-order valence-electron chi connectivity index (χ3n) is 4.47. The van der Waals surface area contributed by atoms with E-state index >= 15 is 0 Å². The van der Waals surface area contributed by atoms with Crippen molar-refractivity contribution in [2.75, 3.05) is 5.43 Å². The summed E-state index contributed by atoms with van der Waals surface area (Å²) in [5, 5.41) is 14.0. The third-order valence-corrected chi connectivity index (χ3v) is 5.49. The van der Waals surface area contributed by atoms with Crippen LogP contribution in [0.5, 0.6) is 0 Å². The smallest absolute Gasteiger partial charge is 0.202 e. The van der Waals surface area contributed by atoms with Crippen molar-refractivity contribution in [1.29, 1.82) is 0 Å². The Hall–Kier alpha value is -3.71. The number of nitrogens with one attached hydrogen (secondary N) is 1. The molecule has 0 aliphatic carbocycles. The summed E-state index contributed by atoms with van der Waals surface area (Å²) in [5.74, 6) is 0.540. The molecule has 3 aromatic carbocycles. The van der Waals surface area contributed by atoms with Gasteiger partial charge in [-0.15, -0.1) is 10.2 Å². The highest BCUT2D eigenvalue weighted by atomic mass is 32.2. The molecule has 0 bridgehead atoms. The number of hydrogen-bond acceptors (Lipinski definition) is 6. The molecule has 0 radical (unpaired) electrons. The molecule has 1 N–H and O–H groups in total. The molecule has 0 fully saturated rings. The molecule has 0 unspecified atom stereocenters. The topological polar surface area (TPSA) is 72.2 Å². The van der Waals surface area contributed by atoms with Crippen LogP contribution in [0.4, 0.5) is 5.69 Å². The molecule has 4 rings (SSSR count). The van der Waals surface area contributed by atoms with Gasteiger partial charge in [-0.25, -0.2) is 0 Å². The number of thioether (sulfide) groups is 1. The van der Waals surface area contributed by atoms with Crippen molar-refractivity contribution in [2.24, 2.45) is 5.10 Å². The Morgan fingerprint density at radius 1 is 0.935 bits per heavy atom. The monoisotopic (exact) mass is 427 g/mol. The predicted molar refractivity (Wildman–Crippen MR) is 126 cm³/mol. The van der Waals surface area contributed by atoms with Crippen LogP contribution in [-0.2, 0) is 4.79 Å². The Bertz CT molecular complexity index is 1220. The van der Waals surface area contributed by atoms with E-state index in [1.807, 2.05) is 96.4 Å². The second-order valence-corrected chi connectivity index (χ2v) is 7.86. The molecule has 1 aromatic heterocycles. The van der Waals surface area contributed by atoms with Crippen molar-refractivity contribution in [3.8, 4) is 17.1 Å². The molecule has 0 amide bonds. The molecule has 0 atom stereocenters. The van der Waals surface area contributed by atoms with Gasteiger partial charge in [-0.2, -0.15) is 5.10 Å². The lowest BCUT2D eigenvalue weighted by Gasteiger charge is -2.10. The van der Waals surface area contributed by atoms with Crippen LogP contribution in [0.15, 0.2) is 95.2 Å². The van der Waals surface area contributed by atoms with Crippen LogP contribution in [0.2, 0.25) is 0 Å². The molecule has 6 nitrogen and oxygen atoms in total. The Balaban J connectivity index is 1.72. The molecule has 31 heavy (non-hydrogen) atoms. The molecule has 1 heterocycles. The zero-order valence-electron chi connectivity index (χ0n) is 17.2. The van der Waals surface area contributed by atoms with Gasteiger partial charge in [-0.1, -0.05) is 60.7 Å². The first-order valence-corrected chi connectivity index (χ1v) is 10.6. The van der Waals surface area contributed by atoms with E-state index in [4.69, 9.17) is 0 Å². The number of nitrogens with zero attached hydrogens (tertiary/aromatic N) is 4. The van der Waals surface area contributed by atoms with Gasteiger partial charge in [0.1, 0.15) is 0 Å². The molecule has 154 valence electrons. The van der Waals surface area contributed by atoms with Crippen molar-refractivity contribution in [2.45, 2.75) is 19.0 Å². The van der Waals surface area contributed by atoms with Crippen LogP contribution in [0, 0.1) is 6.92 Å². The normalized spacial score (nSPS) is 11.4. The van der Waals surface area contributed by atoms with Gasteiger partial charge in [0.25, 0.3) is 0 Å². The highest BCUT2D eigenvalue weighted by Crippen LogP contribution is 2.29. The predicted octanol–water partition coefficient (Wildman–Crippen LogP) is 5.35. The first kappa shape index (κ1) is 20.6. The van der Waals surface area contributed by atoms with Crippen molar-refractivity contribution in [3.63, 3.8) is 0 Å². The SMILES string of the molecule is CC(=O)/C(=N/Nc1cccc(C)c1)Sc1nnc(-c2ccccc2)n1-c1ccccc1. The van der Waals surface area contributed by atoms with Crippen molar-refractivity contribution in [1.82, 2.24) is 14.8 Å². The number of aryl methyl sites for hydroxylation is 1. The molecular formula is C24H21N5OS. The van der Waals surface area contributed by atoms with Gasteiger partial charge in [0.2, 0.25) is 5.16 Å². The van der Waals surface area contributed by atoms with E-state index < -0.39 is 0 Å². The maximum Gasteiger partial charge on any atom is 0.202 e. The minimum absolute atomic E-state index is 0.158. The van der Waals surface area contributed by atoms with Gasteiger partial charge in [0.15, 0.2) is 16.7 Å². The van der Waals surface area contributed by atoms with Gasteiger partial charge in [0.05, 0.1) is 5.69 Å². The Labute approximate surface area is 185 Å². The molecule has 0 aliphatic heterocycles. The van der Waals surface area contributed by atoms with Gasteiger partial charge in [-0.3, -0.25) is 14.8 Å². The first-order chi connectivity index (χ1) is 15.1. The number of benzene rings is 3. The van der Waals surface area contributed by atoms with Crippen molar-refractivity contribution in [3.05, 3.63) is 90.5 Å². The number of rotatable bonds is 6. The molecule has 0 aliphatic rings. The van der Waals surface area contributed by atoms with E-state index in [9.17, 15) is 4.79 Å². The average molecular weight is 428 g/mol. The van der Waals surface area contributed by atoms with E-state index in [-0.39, 0.29) is 5.78 Å². The van der Waals surface area contributed by atoms with Crippen molar-refractivity contribution < 1.29 is 4.79 Å². The molecule has 0 spiro atoms. The van der Waals surface area contributed by atoms with Gasteiger partial charge in [0, 0.05) is 18.2 Å². The summed E-state index contributed by atoms with van der Waals surface area (Å²) in [5.41, 5.74) is 6.73. The average Bonchev–Trinajstić information content (AvgIpc) is 3.21. The first-order valence-electron chi connectivity index (χ1n) is 9.77. The summed E-state index contributed by atoms with van der Waals surface area (Å²) in [4.78, 5) is 12.3. The summed E-state index contributed by atoms with van der Waals surface area (Å²) in [6, 6.07) is 27.5. The van der Waals surface area contributed by atoms with Gasteiger partial charge in [-0.05, 0) is 48.5 Å². The summed E-state index contributed by atoms with van der Waals surface area (Å²) in [6.45, 7) is 3.49. The zero-order valence-corrected chi connectivity index (χ0v) is 18.0. The number of aromatic nitrogens is 3. The molecule has 4 aromatic rings. The molecule has 7 heteroatoms. The highest BCUT2D eigenvalue weighted by Gasteiger charge is 2.20. The van der Waals surface area contributed by atoms with Crippen LogP contribution in [0.1, 0.15) is 12.5 Å². The molecular weight excluding hydrogens is 406 g/mol.